The van der Waals surface area contributed by atoms with Gasteiger partial charge < -0.3 is 15.2 Å². The predicted octanol–water partition coefficient (Wildman–Crippen LogP) is 2.48. The molecule has 0 radical (unpaired) electrons. The van der Waals surface area contributed by atoms with Gasteiger partial charge in [-0.3, -0.25) is 14.7 Å². The molecule has 0 aliphatic carbocycles. The van der Waals surface area contributed by atoms with Gasteiger partial charge >= 0.3 is 0 Å². The highest BCUT2D eigenvalue weighted by molar-refractivity contribution is 5.95. The van der Waals surface area contributed by atoms with Crippen LogP contribution in [0.15, 0.2) is 48.5 Å². The molecular weight excluding hydrogens is 344 g/mol. The molecule has 1 fully saturated rings. The number of hydrogen-bond acceptors (Lipinski definition) is 5. The van der Waals surface area contributed by atoms with Gasteiger partial charge in [-0.05, 0) is 49.2 Å². The molecule has 3 N–H and O–H groups in total. The number of rotatable bonds is 5. The van der Waals surface area contributed by atoms with Crippen molar-refractivity contribution >= 4 is 22.9 Å². The number of ether oxygens (including phenoxy) is 2. The third-order valence-electron chi connectivity index (χ3n) is 4.79. The number of nitrogens with zero attached hydrogens (tertiary/aromatic N) is 2. The standard InChI is InChI=1S/C20H22N4O3/c1-26-14-8-6-13(7-9-14)24-17-5-3-2-4-16(17)22-20(24)23-19(25)18-11-10-15(12-21)27-18/h2-9,15,18H,10-12,21H2,1H3,(H,22,23,25)/t15-,18+/m1/s1. The fourth-order valence-electron chi connectivity index (χ4n) is 3.37. The number of methoxy groups -OCH3 is 1. The summed E-state index contributed by atoms with van der Waals surface area (Å²) < 4.78 is 12.9. The average molecular weight is 366 g/mol. The number of imidazole rings is 1. The van der Waals surface area contributed by atoms with Gasteiger partial charge in [-0.15, -0.1) is 0 Å². The second kappa shape index (κ2) is 7.38. The second-order valence-electron chi connectivity index (χ2n) is 6.51. The number of fused-ring (bicyclic) bond motifs is 1. The van der Waals surface area contributed by atoms with Crippen LogP contribution in [0.3, 0.4) is 0 Å². The van der Waals surface area contributed by atoms with Gasteiger partial charge in [0.25, 0.3) is 5.91 Å². The summed E-state index contributed by atoms with van der Waals surface area (Å²) in [5.41, 5.74) is 8.23. The third kappa shape index (κ3) is 3.39. The van der Waals surface area contributed by atoms with E-state index in [9.17, 15) is 4.79 Å². The molecule has 0 bridgehead atoms. The summed E-state index contributed by atoms with van der Waals surface area (Å²) in [6.45, 7) is 0.425. The van der Waals surface area contributed by atoms with Crippen molar-refractivity contribution in [1.82, 2.24) is 9.55 Å². The topological polar surface area (TPSA) is 91.4 Å². The van der Waals surface area contributed by atoms with Gasteiger partial charge in [-0.1, -0.05) is 12.1 Å². The molecule has 0 spiro atoms. The molecule has 2 atom stereocenters. The van der Waals surface area contributed by atoms with Crippen LogP contribution < -0.4 is 15.8 Å². The number of aromatic nitrogens is 2. The zero-order valence-electron chi connectivity index (χ0n) is 15.1. The van der Waals surface area contributed by atoms with Gasteiger partial charge in [-0.25, -0.2) is 4.98 Å². The van der Waals surface area contributed by atoms with E-state index in [1.165, 1.54) is 0 Å². The molecule has 1 aromatic heterocycles. The molecule has 1 amide bonds. The Labute approximate surface area is 157 Å². The predicted molar refractivity (Wildman–Crippen MR) is 103 cm³/mol. The van der Waals surface area contributed by atoms with Crippen LogP contribution in [0, 0.1) is 0 Å². The molecule has 140 valence electrons. The van der Waals surface area contributed by atoms with Crippen molar-refractivity contribution in [1.29, 1.82) is 0 Å². The van der Waals surface area contributed by atoms with E-state index < -0.39 is 6.10 Å². The number of carbonyl (C=O) groups excluding carboxylic acids is 1. The van der Waals surface area contributed by atoms with Crippen LogP contribution in [0.25, 0.3) is 16.7 Å². The Morgan fingerprint density at radius 2 is 2.04 bits per heavy atom. The number of benzene rings is 2. The first-order chi connectivity index (χ1) is 13.2. The molecule has 7 nitrogen and oxygen atoms in total. The normalized spacial score (nSPS) is 19.3. The Morgan fingerprint density at radius 1 is 1.26 bits per heavy atom. The average Bonchev–Trinajstić information content (AvgIpc) is 3.32. The van der Waals surface area contributed by atoms with E-state index in [-0.39, 0.29) is 12.0 Å². The fourth-order valence-corrected chi connectivity index (χ4v) is 3.37. The van der Waals surface area contributed by atoms with E-state index in [0.29, 0.717) is 18.9 Å². The first kappa shape index (κ1) is 17.5. The zero-order chi connectivity index (χ0) is 18.8. The van der Waals surface area contributed by atoms with E-state index in [1.54, 1.807) is 7.11 Å². The van der Waals surface area contributed by atoms with E-state index in [2.05, 4.69) is 10.3 Å². The summed E-state index contributed by atoms with van der Waals surface area (Å²) in [6.07, 6.45) is 0.906. The SMILES string of the molecule is COc1ccc(-n2c(NC(=O)[C@@H]3CC[C@H](CN)O3)nc3ccccc32)cc1. The molecular formula is C20H22N4O3. The van der Waals surface area contributed by atoms with Gasteiger partial charge in [0.05, 0.1) is 24.2 Å². The third-order valence-corrected chi connectivity index (χ3v) is 4.79. The van der Waals surface area contributed by atoms with Crippen molar-refractivity contribution in [2.24, 2.45) is 5.73 Å². The van der Waals surface area contributed by atoms with Gasteiger partial charge in [0, 0.05) is 12.2 Å². The summed E-state index contributed by atoms with van der Waals surface area (Å²) in [5.74, 6) is 1.03. The first-order valence-corrected chi connectivity index (χ1v) is 8.98. The lowest BCUT2D eigenvalue weighted by molar-refractivity contribution is -0.126. The molecule has 1 saturated heterocycles. The molecule has 0 unspecified atom stereocenters. The van der Waals surface area contributed by atoms with Crippen LogP contribution in [0.1, 0.15) is 12.8 Å². The number of carbonyl (C=O) groups is 1. The second-order valence-corrected chi connectivity index (χ2v) is 6.51. The van der Waals surface area contributed by atoms with E-state index in [0.717, 1.165) is 28.9 Å². The zero-order valence-corrected chi connectivity index (χ0v) is 15.1. The Bertz CT molecular complexity index is 952. The Kier molecular flexibility index (Phi) is 4.79. The summed E-state index contributed by atoms with van der Waals surface area (Å²) in [7, 11) is 1.63. The summed E-state index contributed by atoms with van der Waals surface area (Å²) in [5, 5.41) is 2.93. The largest absolute Gasteiger partial charge is 0.497 e. The highest BCUT2D eigenvalue weighted by Gasteiger charge is 2.30. The van der Waals surface area contributed by atoms with Crippen LogP contribution in [0.4, 0.5) is 5.95 Å². The van der Waals surface area contributed by atoms with Gasteiger partial charge in [-0.2, -0.15) is 0 Å². The molecule has 3 aromatic rings. The molecule has 1 aliphatic rings. The Balaban J connectivity index is 1.68. The van der Waals surface area contributed by atoms with Crippen molar-refractivity contribution < 1.29 is 14.3 Å². The van der Waals surface area contributed by atoms with Gasteiger partial charge in [0.2, 0.25) is 5.95 Å². The van der Waals surface area contributed by atoms with Crippen LogP contribution in [-0.2, 0) is 9.53 Å². The van der Waals surface area contributed by atoms with E-state index >= 15 is 0 Å². The quantitative estimate of drug-likeness (QED) is 0.724. The minimum atomic E-state index is -0.498. The van der Waals surface area contributed by atoms with Gasteiger partial charge in [0.15, 0.2) is 0 Å². The van der Waals surface area contributed by atoms with Crippen LogP contribution in [0.2, 0.25) is 0 Å². The number of nitrogens with one attached hydrogen (secondary N) is 1. The summed E-state index contributed by atoms with van der Waals surface area (Å²) in [4.78, 5) is 17.3. The first-order valence-electron chi connectivity index (χ1n) is 8.98. The smallest absolute Gasteiger partial charge is 0.255 e. The number of nitrogens with two attached hydrogens (primary N) is 1. The van der Waals surface area contributed by atoms with Crippen LogP contribution in [0.5, 0.6) is 5.75 Å². The minimum Gasteiger partial charge on any atom is -0.497 e. The summed E-state index contributed by atoms with van der Waals surface area (Å²) >= 11 is 0. The van der Waals surface area contributed by atoms with Crippen molar-refractivity contribution in [3.63, 3.8) is 0 Å². The highest BCUT2D eigenvalue weighted by atomic mass is 16.5. The lowest BCUT2D eigenvalue weighted by Gasteiger charge is -2.14. The maximum atomic E-state index is 12.7. The molecule has 2 heterocycles. The number of hydrogen-bond donors (Lipinski definition) is 2. The maximum absolute atomic E-state index is 12.7. The number of anilines is 1. The molecule has 27 heavy (non-hydrogen) atoms. The molecule has 1 aliphatic heterocycles. The maximum Gasteiger partial charge on any atom is 0.255 e. The Hall–Kier alpha value is -2.90. The fraction of sp³-hybridized carbons (Fsp3) is 0.300. The molecule has 7 heteroatoms. The lowest BCUT2D eigenvalue weighted by Crippen LogP contribution is -2.30. The van der Waals surface area contributed by atoms with E-state index in [1.807, 2.05) is 53.1 Å². The van der Waals surface area contributed by atoms with Crippen molar-refractivity contribution in [3.8, 4) is 11.4 Å². The lowest BCUT2D eigenvalue weighted by atomic mass is 10.2. The van der Waals surface area contributed by atoms with Crippen molar-refractivity contribution in [3.05, 3.63) is 48.5 Å². The van der Waals surface area contributed by atoms with Crippen LogP contribution in [-0.4, -0.2) is 41.3 Å². The Morgan fingerprint density at radius 3 is 2.74 bits per heavy atom. The molecule has 2 aromatic carbocycles. The van der Waals surface area contributed by atoms with Crippen LogP contribution >= 0.6 is 0 Å². The van der Waals surface area contributed by atoms with E-state index in [4.69, 9.17) is 15.2 Å². The van der Waals surface area contributed by atoms with Crippen molar-refractivity contribution in [2.75, 3.05) is 19.0 Å². The number of amides is 1. The monoisotopic (exact) mass is 366 g/mol. The molecule has 0 saturated carbocycles. The minimum absolute atomic E-state index is 0.0545. The highest BCUT2D eigenvalue weighted by Crippen LogP contribution is 2.27. The molecule has 4 rings (SSSR count). The summed E-state index contributed by atoms with van der Waals surface area (Å²) in [6, 6.07) is 15.4. The van der Waals surface area contributed by atoms with Gasteiger partial charge in [0.1, 0.15) is 11.9 Å². The van der Waals surface area contributed by atoms with Crippen molar-refractivity contribution in [2.45, 2.75) is 25.0 Å². The number of para-hydroxylation sites is 2.